The molecule has 3 unspecified atom stereocenters. The lowest BCUT2D eigenvalue weighted by atomic mass is 9.97. The SMILES string of the molecule is CCC1C(COc2ncc(F)c3cc(C(N)=O)c(OC)cc23)NC(=O)C1F. The van der Waals surface area contributed by atoms with E-state index in [2.05, 4.69) is 10.3 Å². The number of primary amides is 1. The van der Waals surface area contributed by atoms with Gasteiger partial charge in [0.15, 0.2) is 6.17 Å². The van der Waals surface area contributed by atoms with Crippen LogP contribution in [0.25, 0.3) is 10.8 Å². The zero-order valence-corrected chi connectivity index (χ0v) is 14.8. The van der Waals surface area contributed by atoms with Crippen LogP contribution in [0, 0.1) is 11.7 Å². The van der Waals surface area contributed by atoms with Crippen molar-refractivity contribution >= 4 is 22.6 Å². The topological polar surface area (TPSA) is 104 Å². The largest absolute Gasteiger partial charge is 0.496 e. The molecular formula is C18H19F2N3O4. The molecule has 1 saturated heterocycles. The van der Waals surface area contributed by atoms with Crippen molar-refractivity contribution in [3.8, 4) is 11.6 Å². The Morgan fingerprint density at radius 3 is 2.74 bits per heavy atom. The molecule has 3 N–H and O–H groups in total. The van der Waals surface area contributed by atoms with E-state index in [0.29, 0.717) is 6.42 Å². The van der Waals surface area contributed by atoms with Crippen LogP contribution in [0.1, 0.15) is 23.7 Å². The summed E-state index contributed by atoms with van der Waals surface area (Å²) in [6, 6.07) is 2.15. The van der Waals surface area contributed by atoms with Gasteiger partial charge in [0.05, 0.1) is 30.3 Å². The van der Waals surface area contributed by atoms with E-state index in [1.54, 1.807) is 6.92 Å². The van der Waals surface area contributed by atoms with E-state index in [1.807, 2.05) is 0 Å². The van der Waals surface area contributed by atoms with Gasteiger partial charge in [-0.15, -0.1) is 0 Å². The van der Waals surface area contributed by atoms with Crippen molar-refractivity contribution in [1.29, 1.82) is 0 Å². The van der Waals surface area contributed by atoms with Gasteiger partial charge in [-0.25, -0.2) is 13.8 Å². The number of fused-ring (bicyclic) bond motifs is 1. The summed E-state index contributed by atoms with van der Waals surface area (Å²) in [6.45, 7) is 1.75. The summed E-state index contributed by atoms with van der Waals surface area (Å²) in [5.41, 5.74) is 5.33. The molecule has 1 aromatic heterocycles. The number of hydrogen-bond acceptors (Lipinski definition) is 5. The van der Waals surface area contributed by atoms with Gasteiger partial charge in [-0.1, -0.05) is 6.92 Å². The first-order chi connectivity index (χ1) is 12.9. The Bertz CT molecular complexity index is 906. The van der Waals surface area contributed by atoms with Crippen molar-refractivity contribution in [2.24, 2.45) is 11.7 Å². The molecule has 144 valence electrons. The highest BCUT2D eigenvalue weighted by atomic mass is 19.1. The number of carbonyl (C=O) groups is 2. The van der Waals surface area contributed by atoms with Gasteiger partial charge in [0, 0.05) is 11.3 Å². The summed E-state index contributed by atoms with van der Waals surface area (Å²) in [6.07, 6.45) is -0.168. The van der Waals surface area contributed by atoms with Gasteiger partial charge in [-0.05, 0) is 18.6 Å². The Hall–Kier alpha value is -2.97. The number of ether oxygens (including phenoxy) is 2. The molecule has 1 aliphatic rings. The molecule has 27 heavy (non-hydrogen) atoms. The number of nitrogens with zero attached hydrogens (tertiary/aromatic N) is 1. The lowest BCUT2D eigenvalue weighted by Gasteiger charge is -2.19. The molecule has 3 rings (SSSR count). The molecule has 2 heterocycles. The molecule has 0 aliphatic carbocycles. The number of nitrogens with one attached hydrogen (secondary N) is 1. The molecule has 0 spiro atoms. The van der Waals surface area contributed by atoms with Crippen LogP contribution in [0.3, 0.4) is 0 Å². The lowest BCUT2D eigenvalue weighted by molar-refractivity contribution is -0.123. The average molecular weight is 379 g/mol. The number of rotatable bonds is 6. The van der Waals surface area contributed by atoms with E-state index >= 15 is 0 Å². The number of alkyl halides is 1. The zero-order chi connectivity index (χ0) is 19.7. The maximum atomic E-state index is 14.2. The van der Waals surface area contributed by atoms with Crippen molar-refractivity contribution in [2.45, 2.75) is 25.6 Å². The Labute approximate surface area is 153 Å². The molecule has 2 amide bonds. The number of halogens is 2. The normalized spacial score (nSPS) is 21.9. The number of nitrogens with two attached hydrogens (primary N) is 1. The minimum absolute atomic E-state index is 0.0235. The summed E-state index contributed by atoms with van der Waals surface area (Å²) in [5.74, 6) is -2.38. The van der Waals surface area contributed by atoms with Gasteiger partial charge in [-0.3, -0.25) is 9.59 Å². The first-order valence-corrected chi connectivity index (χ1v) is 8.40. The number of benzene rings is 1. The van der Waals surface area contributed by atoms with E-state index in [1.165, 1.54) is 19.2 Å². The third-order valence-corrected chi connectivity index (χ3v) is 4.73. The number of amides is 2. The van der Waals surface area contributed by atoms with Crippen molar-refractivity contribution in [3.05, 3.63) is 29.7 Å². The van der Waals surface area contributed by atoms with E-state index in [9.17, 15) is 18.4 Å². The molecule has 9 heteroatoms. The van der Waals surface area contributed by atoms with E-state index in [-0.39, 0.29) is 34.6 Å². The van der Waals surface area contributed by atoms with Gasteiger partial charge in [0.1, 0.15) is 18.2 Å². The second-order valence-electron chi connectivity index (χ2n) is 6.27. The minimum atomic E-state index is -1.58. The number of aromatic nitrogens is 1. The quantitative estimate of drug-likeness (QED) is 0.796. The third-order valence-electron chi connectivity index (χ3n) is 4.73. The van der Waals surface area contributed by atoms with Crippen LogP contribution in [0.2, 0.25) is 0 Å². The Balaban J connectivity index is 1.94. The van der Waals surface area contributed by atoms with Crippen LogP contribution in [0.15, 0.2) is 18.3 Å². The van der Waals surface area contributed by atoms with E-state index < -0.39 is 35.8 Å². The van der Waals surface area contributed by atoms with Crippen LogP contribution in [0.5, 0.6) is 11.6 Å². The maximum Gasteiger partial charge on any atom is 0.255 e. The zero-order valence-electron chi connectivity index (χ0n) is 14.8. The highest BCUT2D eigenvalue weighted by Gasteiger charge is 2.41. The minimum Gasteiger partial charge on any atom is -0.496 e. The smallest absolute Gasteiger partial charge is 0.255 e. The fourth-order valence-electron chi connectivity index (χ4n) is 3.28. The van der Waals surface area contributed by atoms with Crippen molar-refractivity contribution in [1.82, 2.24) is 10.3 Å². The predicted octanol–water partition coefficient (Wildman–Crippen LogP) is 1.72. The van der Waals surface area contributed by atoms with Crippen LogP contribution in [-0.2, 0) is 4.79 Å². The Morgan fingerprint density at radius 1 is 1.37 bits per heavy atom. The number of pyridine rings is 1. The fourth-order valence-corrected chi connectivity index (χ4v) is 3.28. The molecule has 0 bridgehead atoms. The van der Waals surface area contributed by atoms with Crippen LogP contribution in [-0.4, -0.2) is 42.7 Å². The lowest BCUT2D eigenvalue weighted by Crippen LogP contribution is -2.34. The molecule has 1 aromatic carbocycles. The summed E-state index contributed by atoms with van der Waals surface area (Å²) < 4.78 is 38.9. The molecule has 1 aliphatic heterocycles. The first kappa shape index (κ1) is 18.8. The molecule has 0 radical (unpaired) electrons. The Kier molecular flexibility index (Phi) is 5.11. The average Bonchev–Trinajstić information content (AvgIpc) is 2.93. The first-order valence-electron chi connectivity index (χ1n) is 8.40. The van der Waals surface area contributed by atoms with Gasteiger partial charge in [0.2, 0.25) is 5.88 Å². The van der Waals surface area contributed by atoms with Crippen molar-refractivity contribution in [2.75, 3.05) is 13.7 Å². The standard InChI is InChI=1S/C18H19F2N3O4/c1-3-8-13(23-17(25)15(8)20)7-27-18-10-5-14(26-2)11(16(21)24)4-9(10)12(19)6-22-18/h4-6,8,13,15H,3,7H2,1-2H3,(H2,21,24)(H,23,25). The van der Waals surface area contributed by atoms with Crippen molar-refractivity contribution < 1.29 is 27.8 Å². The van der Waals surface area contributed by atoms with E-state index in [4.69, 9.17) is 15.2 Å². The molecule has 3 atom stereocenters. The van der Waals surface area contributed by atoms with E-state index in [0.717, 1.165) is 6.20 Å². The molecule has 0 saturated carbocycles. The predicted molar refractivity (Wildman–Crippen MR) is 92.9 cm³/mol. The number of carbonyl (C=O) groups excluding carboxylic acids is 2. The highest BCUT2D eigenvalue weighted by Crippen LogP contribution is 2.33. The van der Waals surface area contributed by atoms with Gasteiger partial charge in [-0.2, -0.15) is 0 Å². The van der Waals surface area contributed by atoms with Gasteiger partial charge < -0.3 is 20.5 Å². The highest BCUT2D eigenvalue weighted by molar-refractivity contribution is 6.01. The number of hydrogen-bond donors (Lipinski definition) is 2. The summed E-state index contributed by atoms with van der Waals surface area (Å²) in [7, 11) is 1.35. The fraction of sp³-hybridized carbons (Fsp3) is 0.389. The summed E-state index contributed by atoms with van der Waals surface area (Å²) >= 11 is 0. The van der Waals surface area contributed by atoms with Crippen molar-refractivity contribution in [3.63, 3.8) is 0 Å². The van der Waals surface area contributed by atoms with Crippen LogP contribution in [0.4, 0.5) is 8.78 Å². The second kappa shape index (κ2) is 7.34. The molecule has 2 aromatic rings. The summed E-state index contributed by atoms with van der Waals surface area (Å²) in [4.78, 5) is 27.0. The molecule has 7 nitrogen and oxygen atoms in total. The van der Waals surface area contributed by atoms with Gasteiger partial charge >= 0.3 is 0 Å². The van der Waals surface area contributed by atoms with Crippen LogP contribution >= 0.6 is 0 Å². The third kappa shape index (κ3) is 3.36. The Morgan fingerprint density at radius 2 is 2.11 bits per heavy atom. The summed E-state index contributed by atoms with van der Waals surface area (Å²) in [5, 5.41) is 2.91. The maximum absolute atomic E-state index is 14.2. The molecular weight excluding hydrogens is 360 g/mol. The second-order valence-corrected chi connectivity index (χ2v) is 6.27. The van der Waals surface area contributed by atoms with Crippen LogP contribution < -0.4 is 20.5 Å². The number of methoxy groups -OCH3 is 1. The molecule has 1 fully saturated rings. The monoisotopic (exact) mass is 379 g/mol. The van der Waals surface area contributed by atoms with Gasteiger partial charge in [0.25, 0.3) is 11.8 Å².